The Morgan fingerprint density at radius 2 is 1.43 bits per heavy atom. The van der Waals surface area contributed by atoms with Gasteiger partial charge in [0.05, 0.1) is 0 Å². The van der Waals surface area contributed by atoms with Crippen molar-refractivity contribution >= 4 is 24.7 Å². The highest BCUT2D eigenvalue weighted by molar-refractivity contribution is 8.12. The molecule has 0 aliphatic heterocycles. The molecule has 0 atom stereocenters. The molecule has 0 radical (unpaired) electrons. The van der Waals surface area contributed by atoms with Crippen molar-refractivity contribution in [1.82, 2.24) is 0 Å². The Morgan fingerprint density at radius 3 is 1.43 bits per heavy atom. The highest BCUT2D eigenvalue weighted by Gasteiger charge is 2.40. The predicted molar refractivity (Wildman–Crippen MR) is 27.1 cm³/mol. The molecule has 0 unspecified atom stereocenters. The van der Waals surface area contributed by atoms with Crippen LogP contribution in [-0.2, 0) is 7.74 Å². The van der Waals surface area contributed by atoms with E-state index >= 15 is 0 Å². The molecule has 0 bridgehead atoms. The Balaban J connectivity index is 3.82. The summed E-state index contributed by atoms with van der Waals surface area (Å²) >= 11 is -3.38. The number of hydrogen-bond donors (Lipinski definition) is 2. The maximum atomic E-state index is 8.20. The van der Waals surface area contributed by atoms with Gasteiger partial charge in [-0.3, -0.25) is 0 Å². The van der Waals surface area contributed by atoms with Gasteiger partial charge in [0, 0.05) is 0 Å². The molecule has 0 aromatic carbocycles. The quantitative estimate of drug-likeness (QED) is 0.522. The van der Waals surface area contributed by atoms with Gasteiger partial charge in [-0.2, -0.15) is 9.11 Å². The van der Waals surface area contributed by atoms with E-state index in [2.05, 4.69) is 21.3 Å². The lowest BCUT2D eigenvalue weighted by molar-refractivity contribution is -0.405. The Hall–Kier alpha value is -0.390. The van der Waals surface area contributed by atoms with Gasteiger partial charge < -0.3 is 0 Å². The van der Waals surface area contributed by atoms with Crippen molar-refractivity contribution in [2.75, 3.05) is 0 Å². The SMILES string of the molecule is C=[O+]S(O)(O)[O+]=C. The second-order valence-corrected chi connectivity index (χ2v) is 2.05. The van der Waals surface area contributed by atoms with E-state index in [4.69, 9.17) is 9.11 Å². The zero-order valence-electron chi connectivity index (χ0n) is 3.53. The monoisotopic (exact) mass is 126 g/mol. The molecule has 0 amide bonds. The second-order valence-electron chi connectivity index (χ2n) is 0.684. The minimum Gasteiger partial charge on any atom is -0.175 e. The Kier molecular flexibility index (Phi) is 1.94. The molecule has 0 aliphatic carbocycles. The third kappa shape index (κ3) is 2.32. The Bertz CT molecular complexity index is 77.7. The predicted octanol–water partition coefficient (Wildman–Crippen LogP) is 0.296. The largest absolute Gasteiger partial charge is 0.723 e. The lowest BCUT2D eigenvalue weighted by atomic mass is 11.9. The average molecular weight is 126 g/mol. The summed E-state index contributed by atoms with van der Waals surface area (Å²) in [6.45, 7) is 5.40. The Labute approximate surface area is 42.5 Å². The molecule has 0 aromatic heterocycles. The summed E-state index contributed by atoms with van der Waals surface area (Å²) < 4.78 is 23.9. The normalized spacial score (nSPS) is 12.9. The van der Waals surface area contributed by atoms with Crippen LogP contribution in [0.4, 0.5) is 0 Å². The van der Waals surface area contributed by atoms with E-state index in [9.17, 15) is 0 Å². The van der Waals surface area contributed by atoms with E-state index in [1.807, 2.05) is 0 Å². The fourth-order valence-electron chi connectivity index (χ4n) is 0.0340. The molecule has 0 rings (SSSR count). The van der Waals surface area contributed by atoms with Gasteiger partial charge in [-0.1, -0.05) is 7.74 Å². The van der Waals surface area contributed by atoms with Crippen molar-refractivity contribution in [3.8, 4) is 0 Å². The van der Waals surface area contributed by atoms with E-state index in [1.165, 1.54) is 0 Å². The molecule has 7 heavy (non-hydrogen) atoms. The summed E-state index contributed by atoms with van der Waals surface area (Å²) in [5, 5.41) is 0. The van der Waals surface area contributed by atoms with Crippen LogP contribution in [0, 0.1) is 0 Å². The van der Waals surface area contributed by atoms with Crippen LogP contribution < -0.4 is 0 Å². The summed E-state index contributed by atoms with van der Waals surface area (Å²) in [6.07, 6.45) is 0. The minimum atomic E-state index is -3.38. The molecule has 0 saturated carbocycles. The van der Waals surface area contributed by atoms with E-state index in [-0.39, 0.29) is 0 Å². The van der Waals surface area contributed by atoms with Crippen molar-refractivity contribution in [3.63, 3.8) is 0 Å². The maximum Gasteiger partial charge on any atom is 0.723 e. The zero-order valence-corrected chi connectivity index (χ0v) is 4.35. The van der Waals surface area contributed by atoms with Crippen LogP contribution in [0.5, 0.6) is 0 Å². The van der Waals surface area contributed by atoms with Gasteiger partial charge in [-0.25, -0.2) is 0 Å². The molecular formula is C2H6O4S+2. The second kappa shape index (κ2) is 2.06. The molecule has 0 aliphatic rings. The minimum absolute atomic E-state index is 2.70. The molecule has 0 fully saturated rings. The third-order valence-corrected chi connectivity index (χ3v) is 0.921. The van der Waals surface area contributed by atoms with Crippen LogP contribution in [0.1, 0.15) is 0 Å². The van der Waals surface area contributed by atoms with Gasteiger partial charge in [0.25, 0.3) is 0 Å². The molecule has 0 aromatic rings. The van der Waals surface area contributed by atoms with E-state index < -0.39 is 11.2 Å². The Morgan fingerprint density at radius 1 is 1.14 bits per heavy atom. The van der Waals surface area contributed by atoms with Crippen LogP contribution in [0.15, 0.2) is 0 Å². The highest BCUT2D eigenvalue weighted by Crippen LogP contribution is 2.31. The van der Waals surface area contributed by atoms with E-state index in [0.717, 1.165) is 0 Å². The molecule has 42 valence electrons. The first-order valence-electron chi connectivity index (χ1n) is 1.28. The molecule has 0 spiro atoms. The van der Waals surface area contributed by atoms with Crippen LogP contribution in [0.3, 0.4) is 0 Å². The van der Waals surface area contributed by atoms with Crippen molar-refractivity contribution in [2.45, 2.75) is 0 Å². The van der Waals surface area contributed by atoms with Gasteiger partial charge in [0.15, 0.2) is 0 Å². The van der Waals surface area contributed by atoms with E-state index in [1.54, 1.807) is 0 Å². The molecule has 5 heteroatoms. The average Bonchev–Trinajstić information content (AvgIpc) is 1.68. The van der Waals surface area contributed by atoms with Crippen molar-refractivity contribution in [3.05, 3.63) is 0 Å². The van der Waals surface area contributed by atoms with Gasteiger partial charge >= 0.3 is 24.7 Å². The number of rotatable bonds is 2. The first kappa shape index (κ1) is 6.61. The summed E-state index contributed by atoms with van der Waals surface area (Å²) in [6, 6.07) is 0. The van der Waals surface area contributed by atoms with Crippen molar-refractivity contribution in [1.29, 1.82) is 0 Å². The zero-order chi connectivity index (χ0) is 5.91. The summed E-state index contributed by atoms with van der Waals surface area (Å²) in [7, 11) is 0. The summed E-state index contributed by atoms with van der Waals surface area (Å²) in [5.41, 5.74) is 0. The van der Waals surface area contributed by atoms with Crippen LogP contribution in [0.25, 0.3) is 0 Å². The molecule has 4 nitrogen and oxygen atoms in total. The number of carbonyl (C=O) groups excluding carboxylic acids is 2. The lowest BCUT2D eigenvalue weighted by Gasteiger charge is -1.82. The van der Waals surface area contributed by atoms with Crippen LogP contribution >= 0.6 is 11.2 Å². The highest BCUT2D eigenvalue weighted by atomic mass is 32.3. The van der Waals surface area contributed by atoms with Gasteiger partial charge in [-0.05, 0) is 0 Å². The van der Waals surface area contributed by atoms with Gasteiger partial charge in [-0.15, -0.1) is 0 Å². The molecule has 0 heterocycles. The van der Waals surface area contributed by atoms with Gasteiger partial charge in [0.1, 0.15) is 0 Å². The van der Waals surface area contributed by atoms with Crippen molar-refractivity contribution < 1.29 is 16.8 Å². The molecular weight excluding hydrogens is 120 g/mol. The summed E-state index contributed by atoms with van der Waals surface area (Å²) in [4.78, 5) is 0. The third-order valence-electron chi connectivity index (χ3n) is 0.307. The molecule has 0 saturated heterocycles. The summed E-state index contributed by atoms with van der Waals surface area (Å²) in [5.74, 6) is 0. The van der Waals surface area contributed by atoms with E-state index in [0.29, 0.717) is 0 Å². The standard InChI is InChI=1S/C2H4O4S/c1-5-7(3,4)6-2/h1-2H2/p+2. The van der Waals surface area contributed by atoms with Crippen LogP contribution in [0.2, 0.25) is 0 Å². The molecule has 2 N–H and O–H groups in total. The fraction of sp³-hybridized carbons (Fsp3) is 0. The topological polar surface area (TPSA) is 63.1 Å². The number of hydrogen-bond acceptors (Lipinski definition) is 2. The first-order valence-corrected chi connectivity index (χ1v) is 2.67. The first-order chi connectivity index (χ1) is 3.12. The lowest BCUT2D eigenvalue weighted by Crippen LogP contribution is -1.93. The fourth-order valence-corrected chi connectivity index (χ4v) is 0.102. The smallest absolute Gasteiger partial charge is 0.175 e. The maximum absolute atomic E-state index is 8.20. The van der Waals surface area contributed by atoms with Crippen molar-refractivity contribution in [2.24, 2.45) is 0 Å². The van der Waals surface area contributed by atoms with Gasteiger partial charge in [0.2, 0.25) is 0 Å². The van der Waals surface area contributed by atoms with Crippen LogP contribution in [-0.4, -0.2) is 22.7 Å².